The van der Waals surface area contributed by atoms with Gasteiger partial charge in [0.2, 0.25) is 0 Å². The Labute approximate surface area is 106 Å². The molecule has 1 rings (SSSR count). The summed E-state index contributed by atoms with van der Waals surface area (Å²) in [4.78, 5) is 13.9. The third kappa shape index (κ3) is 3.34. The number of nitrogens with zero attached hydrogens (tertiary/aromatic N) is 1. The van der Waals surface area contributed by atoms with Gasteiger partial charge in [-0.3, -0.25) is 4.79 Å². The minimum Gasteiger partial charge on any atom is -0.342 e. The van der Waals surface area contributed by atoms with Crippen LogP contribution in [0, 0.1) is 6.92 Å². The maximum atomic E-state index is 12.1. The predicted octanol–water partition coefficient (Wildman–Crippen LogP) is 3.63. The van der Waals surface area contributed by atoms with Crippen LogP contribution in [-0.4, -0.2) is 24.4 Å². The van der Waals surface area contributed by atoms with Gasteiger partial charge in [0.25, 0.3) is 5.91 Å². The van der Waals surface area contributed by atoms with Crippen LogP contribution in [0.1, 0.15) is 35.7 Å². The first-order chi connectivity index (χ1) is 7.56. The molecular weight excluding hydrogens is 266 g/mol. The first-order valence-corrected chi connectivity index (χ1v) is 6.37. The van der Waals surface area contributed by atoms with Crippen LogP contribution in [0.4, 0.5) is 0 Å². The Balaban J connectivity index is 2.79. The Morgan fingerprint density at radius 1 is 1.44 bits per heavy atom. The summed E-state index contributed by atoms with van der Waals surface area (Å²) in [6, 6.07) is 5.82. The molecule has 0 saturated carbocycles. The van der Waals surface area contributed by atoms with E-state index in [9.17, 15) is 4.79 Å². The number of hydrogen-bond acceptors (Lipinski definition) is 1. The second kappa shape index (κ2) is 6.04. The van der Waals surface area contributed by atoms with Crippen molar-refractivity contribution in [2.24, 2.45) is 0 Å². The van der Waals surface area contributed by atoms with E-state index in [1.165, 1.54) is 0 Å². The van der Waals surface area contributed by atoms with Gasteiger partial charge in [-0.05, 0) is 47.0 Å². The van der Waals surface area contributed by atoms with Gasteiger partial charge in [0.1, 0.15) is 0 Å². The van der Waals surface area contributed by atoms with Crippen molar-refractivity contribution >= 4 is 21.8 Å². The molecule has 0 N–H and O–H groups in total. The molecule has 0 saturated heterocycles. The summed E-state index contributed by atoms with van der Waals surface area (Å²) < 4.78 is 0.876. The lowest BCUT2D eigenvalue weighted by Gasteiger charge is -2.17. The van der Waals surface area contributed by atoms with Gasteiger partial charge in [-0.1, -0.05) is 19.4 Å². The molecule has 0 unspecified atom stereocenters. The number of amides is 1. The van der Waals surface area contributed by atoms with Crippen LogP contribution < -0.4 is 0 Å². The summed E-state index contributed by atoms with van der Waals surface area (Å²) in [5.41, 5.74) is 1.89. The number of hydrogen-bond donors (Lipinski definition) is 0. The van der Waals surface area contributed by atoms with Crippen LogP contribution in [0.15, 0.2) is 22.7 Å². The molecule has 1 aromatic carbocycles. The molecule has 0 aliphatic rings. The smallest absolute Gasteiger partial charge is 0.254 e. The molecule has 3 heteroatoms. The van der Waals surface area contributed by atoms with E-state index in [1.807, 2.05) is 32.2 Å². The maximum Gasteiger partial charge on any atom is 0.254 e. The molecule has 0 heterocycles. The van der Waals surface area contributed by atoms with Crippen molar-refractivity contribution in [1.29, 1.82) is 0 Å². The van der Waals surface area contributed by atoms with Crippen molar-refractivity contribution in [1.82, 2.24) is 4.90 Å². The maximum absolute atomic E-state index is 12.1. The summed E-state index contributed by atoms with van der Waals surface area (Å²) in [7, 11) is 1.85. The zero-order chi connectivity index (χ0) is 12.1. The van der Waals surface area contributed by atoms with Gasteiger partial charge >= 0.3 is 0 Å². The van der Waals surface area contributed by atoms with E-state index >= 15 is 0 Å². The van der Waals surface area contributed by atoms with Gasteiger partial charge in [-0.25, -0.2) is 0 Å². The number of aryl methyl sites for hydroxylation is 1. The fourth-order valence-corrected chi connectivity index (χ4v) is 2.16. The highest BCUT2D eigenvalue weighted by atomic mass is 79.9. The van der Waals surface area contributed by atoms with Gasteiger partial charge in [-0.2, -0.15) is 0 Å². The number of carbonyl (C=O) groups excluding carboxylic acids is 1. The number of benzene rings is 1. The molecule has 0 spiro atoms. The van der Waals surface area contributed by atoms with E-state index in [0.717, 1.165) is 35.0 Å². The van der Waals surface area contributed by atoms with Crippen LogP contribution in [-0.2, 0) is 0 Å². The van der Waals surface area contributed by atoms with Gasteiger partial charge < -0.3 is 4.90 Å². The van der Waals surface area contributed by atoms with Crippen LogP contribution in [0.5, 0.6) is 0 Å². The molecular formula is C13H18BrNO. The molecule has 0 aromatic heterocycles. The van der Waals surface area contributed by atoms with Crippen molar-refractivity contribution in [3.05, 3.63) is 33.8 Å². The summed E-state index contributed by atoms with van der Waals surface area (Å²) in [6.45, 7) is 4.95. The standard InChI is InChI=1S/C13H18BrNO/c1-4-5-8-15(3)13(16)11-7-6-10(2)9-12(11)14/h6-7,9H,4-5,8H2,1-3H3. The van der Waals surface area contributed by atoms with Crippen molar-refractivity contribution in [2.45, 2.75) is 26.7 Å². The Morgan fingerprint density at radius 3 is 2.69 bits per heavy atom. The van der Waals surface area contributed by atoms with Gasteiger partial charge in [0, 0.05) is 18.1 Å². The Bertz CT molecular complexity index is 376. The second-order valence-corrected chi connectivity index (χ2v) is 4.92. The lowest BCUT2D eigenvalue weighted by molar-refractivity contribution is 0.0792. The average molecular weight is 284 g/mol. The molecule has 16 heavy (non-hydrogen) atoms. The lowest BCUT2D eigenvalue weighted by atomic mass is 10.1. The predicted molar refractivity (Wildman–Crippen MR) is 70.7 cm³/mol. The van der Waals surface area contributed by atoms with Crippen molar-refractivity contribution in [3.8, 4) is 0 Å². The molecule has 0 atom stereocenters. The summed E-state index contributed by atoms with van der Waals surface area (Å²) in [6.07, 6.45) is 2.15. The lowest BCUT2D eigenvalue weighted by Crippen LogP contribution is -2.27. The zero-order valence-electron chi connectivity index (χ0n) is 10.1. The Hall–Kier alpha value is -0.830. The van der Waals surface area contributed by atoms with Crippen LogP contribution in [0.3, 0.4) is 0 Å². The monoisotopic (exact) mass is 283 g/mol. The topological polar surface area (TPSA) is 20.3 Å². The second-order valence-electron chi connectivity index (χ2n) is 4.06. The molecule has 88 valence electrons. The third-order valence-corrected chi connectivity index (χ3v) is 3.20. The molecule has 0 aliphatic carbocycles. The van der Waals surface area contributed by atoms with Crippen molar-refractivity contribution < 1.29 is 4.79 Å². The minimum atomic E-state index is 0.0836. The molecule has 0 bridgehead atoms. The van der Waals surface area contributed by atoms with Gasteiger partial charge in [0.05, 0.1) is 5.56 Å². The first-order valence-electron chi connectivity index (χ1n) is 5.58. The highest BCUT2D eigenvalue weighted by Gasteiger charge is 2.13. The fourth-order valence-electron chi connectivity index (χ4n) is 1.50. The van der Waals surface area contributed by atoms with E-state index in [0.29, 0.717) is 0 Å². The summed E-state index contributed by atoms with van der Waals surface area (Å²) >= 11 is 3.44. The highest BCUT2D eigenvalue weighted by molar-refractivity contribution is 9.10. The summed E-state index contributed by atoms with van der Waals surface area (Å²) in [5.74, 6) is 0.0836. The molecule has 1 aromatic rings. The van der Waals surface area contributed by atoms with Crippen LogP contribution in [0.2, 0.25) is 0 Å². The molecule has 0 aliphatic heterocycles. The van der Waals surface area contributed by atoms with Crippen LogP contribution in [0.25, 0.3) is 0 Å². The van der Waals surface area contributed by atoms with E-state index in [4.69, 9.17) is 0 Å². The fraction of sp³-hybridized carbons (Fsp3) is 0.462. The average Bonchev–Trinajstić information content (AvgIpc) is 2.25. The van der Waals surface area contributed by atoms with E-state index < -0.39 is 0 Å². The van der Waals surface area contributed by atoms with Gasteiger partial charge in [-0.15, -0.1) is 0 Å². The van der Waals surface area contributed by atoms with Crippen molar-refractivity contribution in [2.75, 3.05) is 13.6 Å². The van der Waals surface area contributed by atoms with E-state index in [2.05, 4.69) is 22.9 Å². The van der Waals surface area contributed by atoms with E-state index in [1.54, 1.807) is 4.90 Å². The molecule has 2 nitrogen and oxygen atoms in total. The van der Waals surface area contributed by atoms with Crippen LogP contribution >= 0.6 is 15.9 Å². The molecule has 0 fully saturated rings. The number of halogens is 1. The Kier molecular flexibility index (Phi) is 5.00. The normalized spacial score (nSPS) is 10.2. The third-order valence-electron chi connectivity index (χ3n) is 2.55. The SMILES string of the molecule is CCCCN(C)C(=O)c1ccc(C)cc1Br. The van der Waals surface area contributed by atoms with Crippen molar-refractivity contribution in [3.63, 3.8) is 0 Å². The molecule has 0 radical (unpaired) electrons. The highest BCUT2D eigenvalue weighted by Crippen LogP contribution is 2.19. The first kappa shape index (κ1) is 13.2. The number of unbranched alkanes of at least 4 members (excludes halogenated alkanes) is 1. The zero-order valence-corrected chi connectivity index (χ0v) is 11.7. The van der Waals surface area contributed by atoms with Gasteiger partial charge in [0.15, 0.2) is 0 Å². The largest absolute Gasteiger partial charge is 0.342 e. The number of rotatable bonds is 4. The minimum absolute atomic E-state index is 0.0836. The summed E-state index contributed by atoms with van der Waals surface area (Å²) in [5, 5.41) is 0. The number of carbonyl (C=O) groups is 1. The molecule has 1 amide bonds. The quantitative estimate of drug-likeness (QED) is 0.826. The van der Waals surface area contributed by atoms with E-state index in [-0.39, 0.29) is 5.91 Å². The Morgan fingerprint density at radius 2 is 2.12 bits per heavy atom.